The third-order valence-corrected chi connectivity index (χ3v) is 5.48. The minimum Gasteiger partial charge on any atom is -0.423 e. The van der Waals surface area contributed by atoms with E-state index in [4.69, 9.17) is 27.9 Å². The number of benzene rings is 3. The molecule has 0 fully saturated rings. The van der Waals surface area contributed by atoms with Crippen molar-refractivity contribution in [3.8, 4) is 5.75 Å². The van der Waals surface area contributed by atoms with Gasteiger partial charge in [0.15, 0.2) is 0 Å². The van der Waals surface area contributed by atoms with Gasteiger partial charge < -0.3 is 10.1 Å². The highest BCUT2D eigenvalue weighted by Crippen LogP contribution is 2.31. The lowest BCUT2D eigenvalue weighted by Crippen LogP contribution is -2.32. The fourth-order valence-corrected chi connectivity index (χ4v) is 3.85. The van der Waals surface area contributed by atoms with Crippen LogP contribution in [0.15, 0.2) is 77.5 Å². The molecule has 166 valence electrons. The fraction of sp³-hybridized carbons (Fsp3) is 0.0800. The molecule has 6 nitrogen and oxygen atoms in total. The Kier molecular flexibility index (Phi) is 6.22. The molecule has 4 rings (SSSR count). The minimum atomic E-state index is -0.653. The topological polar surface area (TPSA) is 75.7 Å². The van der Waals surface area contributed by atoms with Gasteiger partial charge in [0.1, 0.15) is 16.5 Å². The fourth-order valence-electron chi connectivity index (χ4n) is 3.45. The Hall–Kier alpha value is -3.61. The molecular weight excluding hydrogens is 463 g/mol. The molecular formula is C25H18Cl2N2O4. The molecule has 1 aliphatic heterocycles. The molecule has 8 heteroatoms. The zero-order valence-electron chi connectivity index (χ0n) is 17.7. The molecule has 0 spiro atoms. The van der Waals surface area contributed by atoms with Crippen molar-refractivity contribution < 1.29 is 19.1 Å². The zero-order valence-corrected chi connectivity index (χ0v) is 19.2. The second-order valence-electron chi connectivity index (χ2n) is 7.53. The monoisotopic (exact) mass is 480 g/mol. The summed E-state index contributed by atoms with van der Waals surface area (Å²) in [6.07, 6.45) is 0. The number of hydrogen-bond donors (Lipinski definition) is 1. The second kappa shape index (κ2) is 9.10. The summed E-state index contributed by atoms with van der Waals surface area (Å²) in [7, 11) is 0. The molecule has 0 aliphatic carbocycles. The van der Waals surface area contributed by atoms with Gasteiger partial charge in [0.25, 0.3) is 11.8 Å². The largest absolute Gasteiger partial charge is 0.423 e. The van der Waals surface area contributed by atoms with Crippen molar-refractivity contribution in [2.24, 2.45) is 0 Å². The lowest BCUT2D eigenvalue weighted by atomic mass is 10.1. The molecule has 0 radical (unpaired) electrons. The Morgan fingerprint density at radius 3 is 2.18 bits per heavy atom. The lowest BCUT2D eigenvalue weighted by Gasteiger charge is -2.15. The molecule has 2 amide bonds. The number of halogens is 2. The van der Waals surface area contributed by atoms with Gasteiger partial charge in [-0.15, -0.1) is 0 Å². The number of amides is 2. The van der Waals surface area contributed by atoms with Crippen LogP contribution in [0, 0.1) is 13.8 Å². The second-order valence-corrected chi connectivity index (χ2v) is 8.34. The minimum absolute atomic E-state index is 0.0628. The predicted molar refractivity (Wildman–Crippen MR) is 128 cm³/mol. The number of ether oxygens (including phenoxy) is 1. The van der Waals surface area contributed by atoms with Crippen molar-refractivity contribution in [3.05, 3.63) is 99.2 Å². The smallest absolute Gasteiger partial charge is 0.343 e. The summed E-state index contributed by atoms with van der Waals surface area (Å²) in [5.41, 5.74) is 3.04. The first kappa shape index (κ1) is 22.6. The third-order valence-electron chi connectivity index (χ3n) is 4.89. The van der Waals surface area contributed by atoms with Gasteiger partial charge >= 0.3 is 5.97 Å². The number of nitrogens with zero attached hydrogens (tertiary/aromatic N) is 1. The van der Waals surface area contributed by atoms with Gasteiger partial charge in [-0.05, 0) is 79.6 Å². The van der Waals surface area contributed by atoms with Gasteiger partial charge in [0.05, 0.1) is 11.3 Å². The Bertz CT molecular complexity index is 1300. The van der Waals surface area contributed by atoms with Crippen LogP contribution in [0.4, 0.5) is 11.4 Å². The standard InChI is InChI=1S/C25H18Cl2N2O4/c1-14-10-15(2)12-20(11-14)33-25(32)16-6-8-18(9-7-16)28-22-21(27)23(30)29(24(22)31)19-5-3-4-17(26)13-19/h3-13,28H,1-2H3. The number of rotatable bonds is 5. The van der Waals surface area contributed by atoms with Crippen LogP contribution in [0.3, 0.4) is 0 Å². The highest BCUT2D eigenvalue weighted by atomic mass is 35.5. The van der Waals surface area contributed by atoms with Crippen molar-refractivity contribution in [2.75, 3.05) is 10.2 Å². The number of carbonyl (C=O) groups excluding carboxylic acids is 3. The van der Waals surface area contributed by atoms with Crippen molar-refractivity contribution in [2.45, 2.75) is 13.8 Å². The lowest BCUT2D eigenvalue weighted by molar-refractivity contribution is -0.120. The predicted octanol–water partition coefficient (Wildman–Crippen LogP) is 5.61. The quantitative estimate of drug-likeness (QED) is 0.291. The first-order chi connectivity index (χ1) is 15.7. The molecule has 0 aromatic heterocycles. The number of esters is 1. The summed E-state index contributed by atoms with van der Waals surface area (Å²) in [5, 5.41) is 3.01. The van der Waals surface area contributed by atoms with E-state index in [-0.39, 0.29) is 10.7 Å². The summed E-state index contributed by atoms with van der Waals surface area (Å²) in [6.45, 7) is 3.85. The van der Waals surface area contributed by atoms with Crippen LogP contribution in [0.25, 0.3) is 0 Å². The van der Waals surface area contributed by atoms with Gasteiger partial charge in [0, 0.05) is 10.7 Å². The summed E-state index contributed by atoms with van der Waals surface area (Å²) in [4.78, 5) is 38.9. The molecule has 33 heavy (non-hydrogen) atoms. The van der Waals surface area contributed by atoms with Gasteiger partial charge in [-0.25, -0.2) is 9.69 Å². The van der Waals surface area contributed by atoms with Crippen LogP contribution in [0.1, 0.15) is 21.5 Å². The Balaban J connectivity index is 1.49. The number of aryl methyl sites for hydroxylation is 2. The van der Waals surface area contributed by atoms with E-state index in [1.807, 2.05) is 19.9 Å². The maximum Gasteiger partial charge on any atom is 0.343 e. The van der Waals surface area contributed by atoms with E-state index in [2.05, 4.69) is 5.32 Å². The molecule has 0 unspecified atom stereocenters. The normalized spacial score (nSPS) is 13.5. The van der Waals surface area contributed by atoms with E-state index >= 15 is 0 Å². The highest BCUT2D eigenvalue weighted by molar-refractivity contribution is 6.53. The maximum absolute atomic E-state index is 12.9. The molecule has 3 aromatic carbocycles. The molecule has 3 aromatic rings. The van der Waals surface area contributed by atoms with Crippen LogP contribution in [-0.2, 0) is 9.59 Å². The van der Waals surface area contributed by atoms with Crippen LogP contribution < -0.4 is 15.0 Å². The van der Waals surface area contributed by atoms with Gasteiger partial charge in [-0.2, -0.15) is 0 Å². The van der Waals surface area contributed by atoms with Crippen molar-refractivity contribution in [3.63, 3.8) is 0 Å². The van der Waals surface area contributed by atoms with Crippen LogP contribution in [0.2, 0.25) is 5.02 Å². The first-order valence-corrected chi connectivity index (χ1v) is 10.7. The molecule has 0 saturated carbocycles. The number of anilines is 2. The third kappa shape index (κ3) is 4.77. The summed E-state index contributed by atoms with van der Waals surface area (Å²) in [6, 6.07) is 18.2. The molecule has 1 heterocycles. The van der Waals surface area contributed by atoms with Gasteiger partial charge in [0.2, 0.25) is 0 Å². The Morgan fingerprint density at radius 1 is 0.879 bits per heavy atom. The number of carbonyl (C=O) groups is 3. The average molecular weight is 481 g/mol. The van der Waals surface area contributed by atoms with Crippen molar-refractivity contribution in [1.82, 2.24) is 0 Å². The van der Waals surface area contributed by atoms with Gasteiger partial charge in [-0.3, -0.25) is 9.59 Å². The van der Waals surface area contributed by atoms with Gasteiger partial charge in [-0.1, -0.05) is 35.3 Å². The van der Waals surface area contributed by atoms with E-state index in [0.717, 1.165) is 16.0 Å². The Labute approximate surface area is 200 Å². The zero-order chi connectivity index (χ0) is 23.7. The van der Waals surface area contributed by atoms with E-state index in [0.29, 0.717) is 27.7 Å². The molecule has 0 saturated heterocycles. The molecule has 1 N–H and O–H groups in total. The van der Waals surface area contributed by atoms with E-state index < -0.39 is 17.8 Å². The summed E-state index contributed by atoms with van der Waals surface area (Å²) < 4.78 is 5.45. The van der Waals surface area contributed by atoms with E-state index in [9.17, 15) is 14.4 Å². The summed E-state index contributed by atoms with van der Waals surface area (Å²) >= 11 is 12.1. The van der Waals surface area contributed by atoms with Crippen LogP contribution in [-0.4, -0.2) is 17.8 Å². The number of hydrogen-bond acceptors (Lipinski definition) is 5. The van der Waals surface area contributed by atoms with Crippen molar-refractivity contribution >= 4 is 52.4 Å². The van der Waals surface area contributed by atoms with E-state index in [1.54, 1.807) is 54.6 Å². The molecule has 0 bridgehead atoms. The summed E-state index contributed by atoms with van der Waals surface area (Å²) in [5.74, 6) is -1.30. The SMILES string of the molecule is Cc1cc(C)cc(OC(=O)c2ccc(NC3=C(Cl)C(=O)N(c4cccc(Cl)c4)C3=O)cc2)c1. The van der Waals surface area contributed by atoms with Crippen LogP contribution >= 0.6 is 23.2 Å². The number of imide groups is 1. The first-order valence-electron chi connectivity index (χ1n) is 9.94. The van der Waals surface area contributed by atoms with Crippen molar-refractivity contribution in [1.29, 1.82) is 0 Å². The Morgan fingerprint density at radius 2 is 1.55 bits per heavy atom. The van der Waals surface area contributed by atoms with Crippen LogP contribution in [0.5, 0.6) is 5.75 Å². The molecule has 0 atom stereocenters. The number of nitrogens with one attached hydrogen (secondary N) is 1. The molecule has 1 aliphatic rings. The maximum atomic E-state index is 12.9. The average Bonchev–Trinajstić information content (AvgIpc) is 2.96. The van der Waals surface area contributed by atoms with E-state index in [1.165, 1.54) is 6.07 Å². The highest BCUT2D eigenvalue weighted by Gasteiger charge is 2.39.